The summed E-state index contributed by atoms with van der Waals surface area (Å²) in [7, 11) is 0. The van der Waals surface area contributed by atoms with E-state index < -0.39 is 12.0 Å². The molecule has 0 aliphatic carbocycles. The molecule has 2 rings (SSSR count). The Morgan fingerprint density at radius 2 is 2.05 bits per heavy atom. The van der Waals surface area contributed by atoms with Crippen molar-refractivity contribution in [3.05, 3.63) is 46.7 Å². The largest absolute Gasteiger partial charge is 0.463 e. The first kappa shape index (κ1) is 14.6. The number of benzene rings is 1. The first-order chi connectivity index (χ1) is 10.1. The number of amides is 2. The smallest absolute Gasteiger partial charge is 0.338 e. The fourth-order valence-electron chi connectivity index (χ4n) is 2.17. The first-order valence-corrected chi connectivity index (χ1v) is 6.52. The number of nitrogens with one attached hydrogen (secondary N) is 2. The number of ether oxygens (including phenoxy) is 1. The molecule has 2 N–H and O–H groups in total. The van der Waals surface area contributed by atoms with Crippen LogP contribution in [0.2, 0.25) is 0 Å². The van der Waals surface area contributed by atoms with Crippen LogP contribution in [0.3, 0.4) is 0 Å². The van der Waals surface area contributed by atoms with Crippen LogP contribution in [0, 0.1) is 11.3 Å². The quantitative estimate of drug-likeness (QED) is 0.828. The maximum Gasteiger partial charge on any atom is 0.338 e. The Morgan fingerprint density at radius 1 is 1.38 bits per heavy atom. The highest BCUT2D eigenvalue weighted by Crippen LogP contribution is 2.27. The van der Waals surface area contributed by atoms with E-state index >= 15 is 0 Å². The van der Waals surface area contributed by atoms with Gasteiger partial charge in [-0.15, -0.1) is 0 Å². The maximum absolute atomic E-state index is 12.1. The number of nitriles is 1. The van der Waals surface area contributed by atoms with E-state index in [0.717, 1.165) is 0 Å². The van der Waals surface area contributed by atoms with Crippen molar-refractivity contribution in [1.82, 2.24) is 10.6 Å². The van der Waals surface area contributed by atoms with Crippen LogP contribution in [0.4, 0.5) is 4.79 Å². The second-order valence-corrected chi connectivity index (χ2v) is 4.52. The van der Waals surface area contributed by atoms with Crippen LogP contribution in [-0.2, 0) is 9.53 Å². The molecule has 0 bridgehead atoms. The molecule has 0 saturated carbocycles. The summed E-state index contributed by atoms with van der Waals surface area (Å²) in [4.78, 5) is 23.7. The molecule has 0 radical (unpaired) electrons. The summed E-state index contributed by atoms with van der Waals surface area (Å²) < 4.78 is 5.04. The average Bonchev–Trinajstić information content (AvgIpc) is 2.46. The normalized spacial score (nSPS) is 17.6. The van der Waals surface area contributed by atoms with Gasteiger partial charge >= 0.3 is 12.0 Å². The molecule has 1 atom stereocenters. The highest BCUT2D eigenvalue weighted by atomic mass is 16.5. The monoisotopic (exact) mass is 285 g/mol. The lowest BCUT2D eigenvalue weighted by Gasteiger charge is -2.28. The van der Waals surface area contributed by atoms with E-state index in [1.807, 2.05) is 6.07 Å². The maximum atomic E-state index is 12.1. The van der Waals surface area contributed by atoms with Gasteiger partial charge in [-0.1, -0.05) is 12.1 Å². The molecule has 0 spiro atoms. The summed E-state index contributed by atoms with van der Waals surface area (Å²) in [5.41, 5.74) is 2.05. The van der Waals surface area contributed by atoms with Crippen LogP contribution in [0.5, 0.6) is 0 Å². The van der Waals surface area contributed by atoms with Gasteiger partial charge in [0.1, 0.15) is 0 Å². The molecular formula is C15H15N3O3. The minimum atomic E-state index is -0.592. The number of urea groups is 1. The second-order valence-electron chi connectivity index (χ2n) is 4.52. The van der Waals surface area contributed by atoms with Crippen molar-refractivity contribution in [3.8, 4) is 6.07 Å². The summed E-state index contributed by atoms with van der Waals surface area (Å²) >= 11 is 0. The van der Waals surface area contributed by atoms with Crippen LogP contribution < -0.4 is 10.6 Å². The molecule has 0 fully saturated rings. The van der Waals surface area contributed by atoms with Crippen LogP contribution in [-0.4, -0.2) is 18.6 Å². The van der Waals surface area contributed by atoms with Crippen LogP contribution >= 0.6 is 0 Å². The van der Waals surface area contributed by atoms with Gasteiger partial charge < -0.3 is 15.4 Å². The Bertz CT molecular complexity index is 641. The molecule has 1 aliphatic rings. The van der Waals surface area contributed by atoms with Gasteiger partial charge in [0.05, 0.1) is 29.9 Å². The van der Waals surface area contributed by atoms with Crippen LogP contribution in [0.1, 0.15) is 31.0 Å². The molecule has 108 valence electrons. The van der Waals surface area contributed by atoms with E-state index in [1.54, 1.807) is 38.1 Å². The molecule has 0 unspecified atom stereocenters. The first-order valence-electron chi connectivity index (χ1n) is 6.52. The number of hydrogen-bond donors (Lipinski definition) is 2. The number of hydrogen-bond acceptors (Lipinski definition) is 4. The number of carbonyl (C=O) groups excluding carboxylic acids is 2. The molecule has 21 heavy (non-hydrogen) atoms. The highest BCUT2D eigenvalue weighted by molar-refractivity contribution is 5.95. The zero-order valence-corrected chi connectivity index (χ0v) is 11.8. The predicted molar refractivity (Wildman–Crippen MR) is 74.9 cm³/mol. The summed E-state index contributed by atoms with van der Waals surface area (Å²) in [6.45, 7) is 3.63. The van der Waals surface area contributed by atoms with E-state index in [9.17, 15) is 9.59 Å². The van der Waals surface area contributed by atoms with Crippen molar-refractivity contribution in [2.24, 2.45) is 0 Å². The van der Waals surface area contributed by atoms with Gasteiger partial charge in [-0.2, -0.15) is 5.26 Å². The zero-order chi connectivity index (χ0) is 15.4. The van der Waals surface area contributed by atoms with Gasteiger partial charge in [0, 0.05) is 5.70 Å². The van der Waals surface area contributed by atoms with Crippen molar-refractivity contribution < 1.29 is 14.3 Å². The van der Waals surface area contributed by atoms with Gasteiger partial charge in [0.2, 0.25) is 0 Å². The average molecular weight is 285 g/mol. The summed E-state index contributed by atoms with van der Waals surface area (Å²) in [5.74, 6) is -0.475. The van der Waals surface area contributed by atoms with E-state index in [1.165, 1.54) is 0 Å². The number of allylic oxidation sites excluding steroid dienone is 1. The third-order valence-corrected chi connectivity index (χ3v) is 3.14. The Hall–Kier alpha value is -2.81. The summed E-state index contributed by atoms with van der Waals surface area (Å²) in [5, 5.41) is 14.1. The van der Waals surface area contributed by atoms with Crippen LogP contribution in [0.25, 0.3) is 0 Å². The molecule has 6 heteroatoms. The van der Waals surface area contributed by atoms with Gasteiger partial charge in [-0.3, -0.25) is 0 Å². The molecule has 1 aliphatic heterocycles. The number of esters is 1. The number of rotatable bonds is 3. The molecule has 6 nitrogen and oxygen atoms in total. The predicted octanol–water partition coefficient (Wildman–Crippen LogP) is 1.75. The lowest BCUT2D eigenvalue weighted by molar-refractivity contribution is -0.139. The van der Waals surface area contributed by atoms with Gasteiger partial charge in [0.15, 0.2) is 0 Å². The Kier molecular flexibility index (Phi) is 4.24. The van der Waals surface area contributed by atoms with E-state index in [-0.39, 0.29) is 12.6 Å². The summed E-state index contributed by atoms with van der Waals surface area (Å²) in [6.07, 6.45) is 0. The van der Waals surface area contributed by atoms with Crippen molar-refractivity contribution in [2.45, 2.75) is 19.9 Å². The second kappa shape index (κ2) is 6.09. The Balaban J connectivity index is 2.42. The van der Waals surface area contributed by atoms with Gasteiger partial charge in [-0.25, -0.2) is 9.59 Å². The van der Waals surface area contributed by atoms with Crippen molar-refractivity contribution >= 4 is 12.0 Å². The zero-order valence-electron chi connectivity index (χ0n) is 11.8. The molecule has 0 saturated heterocycles. The minimum absolute atomic E-state index is 0.254. The third-order valence-electron chi connectivity index (χ3n) is 3.14. The molecule has 0 aromatic heterocycles. The van der Waals surface area contributed by atoms with Crippen molar-refractivity contribution in [2.75, 3.05) is 6.61 Å². The lowest BCUT2D eigenvalue weighted by Crippen LogP contribution is -2.45. The van der Waals surface area contributed by atoms with Crippen molar-refractivity contribution in [1.29, 1.82) is 5.26 Å². The van der Waals surface area contributed by atoms with E-state index in [0.29, 0.717) is 22.4 Å². The fourth-order valence-corrected chi connectivity index (χ4v) is 2.17. The minimum Gasteiger partial charge on any atom is -0.463 e. The standard InChI is InChI=1S/C15H15N3O3/c1-3-21-14(19)12-9(2)17-15(20)18-13(12)11-6-4-10(8-16)5-7-11/h4-7,13H,3H2,1-2H3,(H2,17,18,20)/t13-/m0/s1. The fraction of sp³-hybridized carbons (Fsp3) is 0.267. The number of nitrogens with zero attached hydrogens (tertiary/aromatic N) is 1. The lowest BCUT2D eigenvalue weighted by atomic mass is 9.95. The topological polar surface area (TPSA) is 91.2 Å². The molecule has 1 aromatic rings. The highest BCUT2D eigenvalue weighted by Gasteiger charge is 2.31. The van der Waals surface area contributed by atoms with Gasteiger partial charge in [0.25, 0.3) is 0 Å². The summed E-state index contributed by atoms with van der Waals surface area (Å²) in [6, 6.07) is 7.75. The molecular weight excluding hydrogens is 270 g/mol. The SMILES string of the molecule is CCOC(=O)C1=C(C)NC(=O)N[C@H]1c1ccc(C#N)cc1. The van der Waals surface area contributed by atoms with Crippen LogP contribution in [0.15, 0.2) is 35.5 Å². The molecule has 1 aromatic carbocycles. The van der Waals surface area contributed by atoms with E-state index in [4.69, 9.17) is 10.00 Å². The number of carbonyl (C=O) groups is 2. The molecule has 1 heterocycles. The van der Waals surface area contributed by atoms with Crippen molar-refractivity contribution in [3.63, 3.8) is 0 Å². The Morgan fingerprint density at radius 3 is 2.62 bits per heavy atom. The van der Waals surface area contributed by atoms with Gasteiger partial charge in [-0.05, 0) is 31.5 Å². The van der Waals surface area contributed by atoms with E-state index in [2.05, 4.69) is 10.6 Å². The third kappa shape index (κ3) is 3.03. The Labute approximate surface area is 122 Å². The molecule has 2 amide bonds.